The maximum atomic E-state index is 12.7. The number of nitrogens with one attached hydrogen (secondary N) is 2. The number of phosphoric ester groups is 3. The molecule has 13 N–H and O–H groups in total. The van der Waals surface area contributed by atoms with Gasteiger partial charge in [0, 0.05) is 43.5 Å². The molecule has 8 atom stereocenters. The van der Waals surface area contributed by atoms with Gasteiger partial charge in [-0.1, -0.05) is 25.6 Å². The van der Waals surface area contributed by atoms with E-state index < -0.39 is 95.8 Å². The molecule has 0 aromatic carbocycles. The van der Waals surface area contributed by atoms with E-state index in [0.29, 0.717) is 11.8 Å². The van der Waals surface area contributed by atoms with Crippen molar-refractivity contribution in [3.63, 3.8) is 0 Å². The highest BCUT2D eigenvalue weighted by Crippen LogP contribution is 2.61. The van der Waals surface area contributed by atoms with Crippen molar-refractivity contribution in [1.82, 2.24) is 30.2 Å². The standard InChI is InChI=1S/C27H45N8O19P3S/c1-27(2,21(40)24(41)31-6-4-17(38)30-7-8-58-26(42)15(37)9-14(36)3-5-28)11-51-57(48,49)54-56(46,47)50-10-16-20(53-55(43,44)45)19(39)25(52-16)35-13-34-18-22(29)32-12-33-23(18)35/h12-13,15-16,19-21,25,37,39-40H,3-11,28H2,1-2H3,(H,30,38)(H,31,41)(H,46,47)(H,48,49)(H2,29,32,33)(H2,43,44,45)/t15?,16-,19-,20-,21+,25-/m1/s1. The summed E-state index contributed by atoms with van der Waals surface area (Å²) in [4.78, 5) is 99.0. The molecule has 31 heteroatoms. The summed E-state index contributed by atoms with van der Waals surface area (Å²) in [6, 6.07) is 0. The van der Waals surface area contributed by atoms with Crippen LogP contribution in [0.3, 0.4) is 0 Å². The Hall–Kier alpha value is -2.85. The average molecular weight is 911 g/mol. The Balaban J connectivity index is 1.46. The maximum absolute atomic E-state index is 12.7. The second-order valence-corrected chi connectivity index (χ2v) is 18.4. The van der Waals surface area contributed by atoms with Gasteiger partial charge in [0.1, 0.15) is 48.1 Å². The number of aromatic nitrogens is 4. The number of amides is 2. The number of ketones is 1. The number of anilines is 1. The van der Waals surface area contributed by atoms with Crippen LogP contribution in [0.5, 0.6) is 0 Å². The molecule has 0 aliphatic carbocycles. The Kier molecular flexibility index (Phi) is 18.0. The molecule has 0 bridgehead atoms. The highest BCUT2D eigenvalue weighted by atomic mass is 32.2. The molecule has 0 spiro atoms. The van der Waals surface area contributed by atoms with Gasteiger partial charge < -0.3 is 61.7 Å². The first kappa shape index (κ1) is 49.5. The predicted octanol–water partition coefficient (Wildman–Crippen LogP) is -2.67. The van der Waals surface area contributed by atoms with Gasteiger partial charge in [0.25, 0.3) is 0 Å². The van der Waals surface area contributed by atoms with E-state index in [9.17, 15) is 67.8 Å². The van der Waals surface area contributed by atoms with Crippen molar-refractivity contribution in [3.8, 4) is 0 Å². The van der Waals surface area contributed by atoms with Crippen LogP contribution in [-0.2, 0) is 55.5 Å². The molecule has 1 aliphatic rings. The molecule has 3 heterocycles. The van der Waals surface area contributed by atoms with Gasteiger partial charge in [0.2, 0.25) is 16.9 Å². The quantitative estimate of drug-likeness (QED) is 0.0378. The predicted molar refractivity (Wildman–Crippen MR) is 196 cm³/mol. The molecule has 27 nitrogen and oxygen atoms in total. The summed E-state index contributed by atoms with van der Waals surface area (Å²) in [5.41, 5.74) is 9.44. The van der Waals surface area contributed by atoms with Gasteiger partial charge in [0.15, 0.2) is 17.7 Å². The van der Waals surface area contributed by atoms with Crippen LogP contribution in [0.4, 0.5) is 5.82 Å². The molecule has 328 valence electrons. The highest BCUT2D eigenvalue weighted by molar-refractivity contribution is 8.13. The van der Waals surface area contributed by atoms with E-state index in [4.69, 9.17) is 25.3 Å². The fourth-order valence-corrected chi connectivity index (χ4v) is 8.45. The van der Waals surface area contributed by atoms with Crippen LogP contribution >= 0.6 is 35.2 Å². The van der Waals surface area contributed by atoms with Gasteiger partial charge in [-0.3, -0.25) is 37.3 Å². The third kappa shape index (κ3) is 15.0. The number of carbonyl (C=O) groups is 4. The number of phosphoric acid groups is 3. The van der Waals surface area contributed by atoms with E-state index >= 15 is 0 Å². The number of nitrogens with zero attached hydrogens (tertiary/aromatic N) is 4. The zero-order valence-corrected chi connectivity index (χ0v) is 34.2. The van der Waals surface area contributed by atoms with E-state index in [-0.39, 0.29) is 67.4 Å². The number of rotatable bonds is 24. The number of fused-ring (bicyclic) bond motifs is 1. The summed E-state index contributed by atoms with van der Waals surface area (Å²) in [5, 5.41) is 35.3. The number of Topliss-reactive ketones (excluding diaryl/α,β-unsaturated/α-hetero) is 1. The first-order chi connectivity index (χ1) is 26.9. The first-order valence-electron chi connectivity index (χ1n) is 16.8. The van der Waals surface area contributed by atoms with E-state index in [1.165, 1.54) is 13.8 Å². The van der Waals surface area contributed by atoms with Crippen molar-refractivity contribution in [2.24, 2.45) is 11.1 Å². The molecule has 1 aliphatic heterocycles. The van der Waals surface area contributed by atoms with Crippen molar-refractivity contribution in [2.45, 2.75) is 69.9 Å². The fourth-order valence-electron chi connectivity index (χ4n) is 4.94. The third-order valence-corrected chi connectivity index (χ3v) is 11.9. The molecular formula is C27H45N8O19P3S. The molecule has 58 heavy (non-hydrogen) atoms. The molecule has 0 radical (unpaired) electrons. The number of aliphatic hydroxyl groups is 3. The third-order valence-electron chi connectivity index (χ3n) is 7.86. The summed E-state index contributed by atoms with van der Waals surface area (Å²) in [6.45, 7) is 0.177. The van der Waals surface area contributed by atoms with E-state index in [1.54, 1.807) is 0 Å². The summed E-state index contributed by atoms with van der Waals surface area (Å²) in [6.07, 6.45) is -9.00. The van der Waals surface area contributed by atoms with Crippen molar-refractivity contribution in [2.75, 3.05) is 44.3 Å². The van der Waals surface area contributed by atoms with Gasteiger partial charge >= 0.3 is 23.5 Å². The van der Waals surface area contributed by atoms with Gasteiger partial charge in [-0.05, 0) is 6.54 Å². The summed E-state index contributed by atoms with van der Waals surface area (Å²) in [5.74, 6) is -1.93. The lowest BCUT2D eigenvalue weighted by Crippen LogP contribution is -2.46. The number of nitrogen functional groups attached to an aromatic ring is 1. The van der Waals surface area contributed by atoms with Gasteiger partial charge in [-0.2, -0.15) is 4.31 Å². The lowest BCUT2D eigenvalue weighted by Gasteiger charge is -2.30. The van der Waals surface area contributed by atoms with Crippen LogP contribution in [-0.4, -0.2) is 146 Å². The Morgan fingerprint density at radius 3 is 2.34 bits per heavy atom. The minimum absolute atomic E-state index is 0.00852. The van der Waals surface area contributed by atoms with Gasteiger partial charge in [0.05, 0.1) is 19.5 Å². The van der Waals surface area contributed by atoms with Crippen LogP contribution in [0, 0.1) is 5.41 Å². The van der Waals surface area contributed by atoms with Crippen LogP contribution in [0.2, 0.25) is 0 Å². The molecule has 2 aromatic rings. The van der Waals surface area contributed by atoms with Crippen molar-refractivity contribution >= 4 is 74.9 Å². The fraction of sp³-hybridized carbons (Fsp3) is 0.667. The topological polar surface area (TPSA) is 427 Å². The Bertz CT molecular complexity index is 1920. The smallest absolute Gasteiger partial charge is 0.386 e. The van der Waals surface area contributed by atoms with Crippen molar-refractivity contribution in [3.05, 3.63) is 12.7 Å². The molecule has 1 saturated heterocycles. The Labute approximate surface area is 333 Å². The maximum Gasteiger partial charge on any atom is 0.481 e. The largest absolute Gasteiger partial charge is 0.481 e. The summed E-state index contributed by atoms with van der Waals surface area (Å²) >= 11 is 0.705. The van der Waals surface area contributed by atoms with E-state index in [0.717, 1.165) is 17.2 Å². The second-order valence-electron chi connectivity index (χ2n) is 13.0. The SMILES string of the molecule is CC(C)(COP(=O)(O)OP(=O)(O)OC[C@H]1O[C@@H](n2cnc3c(N)ncnc32)[C@H](O)[C@@H]1OP(=O)(O)O)[C@@H](O)C(=O)NCCC(=O)NCCSC(=O)C(O)CC(=O)CCN. The summed E-state index contributed by atoms with van der Waals surface area (Å²) in [7, 11) is -16.5. The van der Waals surface area contributed by atoms with Gasteiger partial charge in [-0.15, -0.1) is 0 Å². The van der Waals surface area contributed by atoms with E-state index in [2.05, 4.69) is 34.4 Å². The molecule has 0 saturated carbocycles. The van der Waals surface area contributed by atoms with Crippen LogP contribution in [0.1, 0.15) is 39.3 Å². The van der Waals surface area contributed by atoms with Gasteiger partial charge in [-0.25, -0.2) is 28.6 Å². The average Bonchev–Trinajstić information content (AvgIpc) is 3.68. The minimum Gasteiger partial charge on any atom is -0.386 e. The number of hydrogen-bond donors (Lipinski definition) is 11. The normalized spacial score (nSPS) is 21.8. The number of ether oxygens (including phenoxy) is 1. The number of aliphatic hydroxyl groups excluding tert-OH is 3. The first-order valence-corrected chi connectivity index (χ1v) is 22.3. The second kappa shape index (κ2) is 21.1. The number of carbonyl (C=O) groups excluding carboxylic acids is 4. The molecular weight excluding hydrogens is 865 g/mol. The molecule has 3 rings (SSSR count). The van der Waals surface area contributed by atoms with Crippen LogP contribution in [0.15, 0.2) is 12.7 Å². The van der Waals surface area contributed by atoms with E-state index in [1.807, 2.05) is 0 Å². The van der Waals surface area contributed by atoms with Crippen LogP contribution < -0.4 is 22.1 Å². The minimum atomic E-state index is -5.60. The number of thioether (sulfide) groups is 1. The zero-order chi connectivity index (χ0) is 43.6. The zero-order valence-electron chi connectivity index (χ0n) is 30.7. The van der Waals surface area contributed by atoms with Crippen molar-refractivity contribution in [1.29, 1.82) is 0 Å². The molecule has 1 fully saturated rings. The highest BCUT2D eigenvalue weighted by Gasteiger charge is 2.50. The number of nitrogens with two attached hydrogens (primary N) is 2. The Morgan fingerprint density at radius 2 is 1.69 bits per heavy atom. The lowest BCUT2D eigenvalue weighted by molar-refractivity contribution is -0.137. The lowest BCUT2D eigenvalue weighted by atomic mass is 9.87. The Morgan fingerprint density at radius 1 is 1.02 bits per heavy atom. The molecule has 2 amide bonds. The molecule has 2 aromatic heterocycles. The summed E-state index contributed by atoms with van der Waals surface area (Å²) < 4.78 is 62.0. The van der Waals surface area contributed by atoms with Crippen molar-refractivity contribution < 1.29 is 90.4 Å². The molecule has 3 unspecified atom stereocenters. The monoisotopic (exact) mass is 910 g/mol. The number of hydrogen-bond acceptors (Lipinski definition) is 21. The number of imidazole rings is 1. The van der Waals surface area contributed by atoms with Crippen LogP contribution in [0.25, 0.3) is 11.2 Å².